The predicted molar refractivity (Wildman–Crippen MR) is 93.8 cm³/mol. The van der Waals surface area contributed by atoms with Gasteiger partial charge in [0.15, 0.2) is 0 Å². The van der Waals surface area contributed by atoms with Gasteiger partial charge in [-0.05, 0) is 48.7 Å². The van der Waals surface area contributed by atoms with Crippen LogP contribution < -0.4 is 10.1 Å². The van der Waals surface area contributed by atoms with E-state index < -0.39 is 0 Å². The van der Waals surface area contributed by atoms with Gasteiger partial charge < -0.3 is 10.1 Å². The normalized spacial score (nSPS) is 12.2. The molecule has 2 aromatic carbocycles. The van der Waals surface area contributed by atoms with Crippen LogP contribution >= 0.6 is 23.2 Å². The summed E-state index contributed by atoms with van der Waals surface area (Å²) in [6.45, 7) is 5.72. The number of nitrogens with one attached hydrogen (secondary N) is 1. The van der Waals surface area contributed by atoms with Crippen molar-refractivity contribution >= 4 is 23.2 Å². The van der Waals surface area contributed by atoms with Gasteiger partial charge in [0.25, 0.3) is 0 Å². The monoisotopic (exact) mass is 337 g/mol. The van der Waals surface area contributed by atoms with E-state index in [1.54, 1.807) is 6.07 Å². The predicted octanol–water partition coefficient (Wildman–Crippen LogP) is 5.46. The molecule has 0 amide bonds. The zero-order chi connectivity index (χ0) is 15.9. The first kappa shape index (κ1) is 17.1. The third-order valence-electron chi connectivity index (χ3n) is 3.58. The van der Waals surface area contributed by atoms with Gasteiger partial charge in [-0.25, -0.2) is 0 Å². The molecule has 118 valence electrons. The van der Waals surface area contributed by atoms with Gasteiger partial charge in [0, 0.05) is 12.6 Å². The highest BCUT2D eigenvalue weighted by Gasteiger charge is 2.02. The molecule has 0 spiro atoms. The molecule has 2 aromatic rings. The smallest absolute Gasteiger partial charge is 0.119 e. The zero-order valence-electron chi connectivity index (χ0n) is 12.9. The van der Waals surface area contributed by atoms with Crippen molar-refractivity contribution in [2.45, 2.75) is 39.5 Å². The van der Waals surface area contributed by atoms with Gasteiger partial charge >= 0.3 is 0 Å². The number of halogens is 2. The van der Waals surface area contributed by atoms with Crippen molar-refractivity contribution in [3.8, 4) is 5.75 Å². The quantitative estimate of drug-likeness (QED) is 0.724. The largest absolute Gasteiger partial charge is 0.489 e. The number of hydrogen-bond acceptors (Lipinski definition) is 2. The third kappa shape index (κ3) is 5.20. The second-order valence-corrected chi connectivity index (χ2v) is 6.19. The van der Waals surface area contributed by atoms with Crippen LogP contribution in [0.25, 0.3) is 0 Å². The fourth-order valence-electron chi connectivity index (χ4n) is 1.94. The number of rotatable bonds is 7. The Hall–Kier alpha value is -1.22. The lowest BCUT2D eigenvalue weighted by Gasteiger charge is -2.12. The van der Waals surface area contributed by atoms with E-state index in [9.17, 15) is 0 Å². The Labute approximate surface area is 142 Å². The second kappa shape index (κ2) is 8.42. The molecule has 0 radical (unpaired) electrons. The van der Waals surface area contributed by atoms with Crippen LogP contribution in [0.3, 0.4) is 0 Å². The van der Waals surface area contributed by atoms with Crippen LogP contribution in [0.4, 0.5) is 0 Å². The molecule has 2 nitrogen and oxygen atoms in total. The highest BCUT2D eigenvalue weighted by Crippen LogP contribution is 2.23. The molecule has 0 bridgehead atoms. The fraction of sp³-hybridized carbons (Fsp3) is 0.333. The Morgan fingerprint density at radius 2 is 1.68 bits per heavy atom. The highest BCUT2D eigenvalue weighted by atomic mass is 35.5. The van der Waals surface area contributed by atoms with E-state index in [-0.39, 0.29) is 0 Å². The topological polar surface area (TPSA) is 21.3 Å². The molecule has 0 aliphatic rings. The SMILES string of the molecule is CCC(C)NCc1ccc(OCc2ccc(Cl)c(Cl)c2)cc1. The van der Waals surface area contributed by atoms with E-state index >= 15 is 0 Å². The molecule has 1 unspecified atom stereocenters. The maximum Gasteiger partial charge on any atom is 0.119 e. The Balaban J connectivity index is 1.87. The molecule has 1 N–H and O–H groups in total. The van der Waals surface area contributed by atoms with Crippen molar-refractivity contribution in [3.63, 3.8) is 0 Å². The highest BCUT2D eigenvalue weighted by molar-refractivity contribution is 6.42. The van der Waals surface area contributed by atoms with Gasteiger partial charge in [0.05, 0.1) is 10.0 Å². The Bertz CT molecular complexity index is 599. The van der Waals surface area contributed by atoms with Crippen molar-refractivity contribution in [2.75, 3.05) is 0 Å². The van der Waals surface area contributed by atoms with Crippen molar-refractivity contribution in [2.24, 2.45) is 0 Å². The van der Waals surface area contributed by atoms with Gasteiger partial charge in [-0.2, -0.15) is 0 Å². The molecule has 0 aliphatic carbocycles. The summed E-state index contributed by atoms with van der Waals surface area (Å²) in [5.74, 6) is 0.846. The van der Waals surface area contributed by atoms with Crippen LogP contribution in [0.5, 0.6) is 5.75 Å². The van der Waals surface area contributed by atoms with Crippen molar-refractivity contribution in [1.82, 2.24) is 5.32 Å². The second-order valence-electron chi connectivity index (χ2n) is 5.37. The zero-order valence-corrected chi connectivity index (χ0v) is 14.4. The van der Waals surface area contributed by atoms with Gasteiger partial charge in [-0.1, -0.05) is 48.3 Å². The standard InChI is InChI=1S/C18H21Cl2NO/c1-3-13(2)21-11-14-4-7-16(8-5-14)22-12-15-6-9-17(19)18(20)10-15/h4-10,13,21H,3,11-12H2,1-2H3. The molecule has 0 fully saturated rings. The lowest BCUT2D eigenvalue weighted by molar-refractivity contribution is 0.306. The lowest BCUT2D eigenvalue weighted by atomic mass is 10.2. The minimum atomic E-state index is 0.474. The maximum atomic E-state index is 5.99. The van der Waals surface area contributed by atoms with Crippen LogP contribution in [0.2, 0.25) is 10.0 Å². The molecule has 1 atom stereocenters. The van der Waals surface area contributed by atoms with E-state index in [4.69, 9.17) is 27.9 Å². The number of benzene rings is 2. The lowest BCUT2D eigenvalue weighted by Crippen LogP contribution is -2.24. The van der Waals surface area contributed by atoms with Crippen LogP contribution in [-0.4, -0.2) is 6.04 Å². The molecule has 4 heteroatoms. The Kier molecular flexibility index (Phi) is 6.56. The molecule has 0 aromatic heterocycles. The fourth-order valence-corrected chi connectivity index (χ4v) is 2.26. The molecule has 0 saturated carbocycles. The molecular formula is C18H21Cl2NO. The Morgan fingerprint density at radius 1 is 1.00 bits per heavy atom. The molecular weight excluding hydrogens is 317 g/mol. The van der Waals surface area contributed by atoms with Crippen LogP contribution in [0.15, 0.2) is 42.5 Å². The minimum Gasteiger partial charge on any atom is -0.489 e. The molecule has 0 saturated heterocycles. The summed E-state index contributed by atoms with van der Waals surface area (Å²) in [7, 11) is 0. The van der Waals surface area contributed by atoms with E-state index in [1.807, 2.05) is 24.3 Å². The van der Waals surface area contributed by atoms with Crippen LogP contribution in [-0.2, 0) is 13.2 Å². The van der Waals surface area contributed by atoms with Gasteiger partial charge in [-0.15, -0.1) is 0 Å². The first-order valence-corrected chi connectivity index (χ1v) is 8.23. The van der Waals surface area contributed by atoms with Crippen LogP contribution in [0, 0.1) is 0 Å². The first-order chi connectivity index (χ1) is 10.6. The number of ether oxygens (including phenoxy) is 1. The minimum absolute atomic E-state index is 0.474. The molecule has 0 aliphatic heterocycles. The van der Waals surface area contributed by atoms with E-state index in [0.29, 0.717) is 22.7 Å². The summed E-state index contributed by atoms with van der Waals surface area (Å²) in [6.07, 6.45) is 1.13. The van der Waals surface area contributed by atoms with Crippen molar-refractivity contribution in [1.29, 1.82) is 0 Å². The molecule has 2 rings (SSSR count). The summed E-state index contributed by atoms with van der Waals surface area (Å²) in [5.41, 5.74) is 2.25. The summed E-state index contributed by atoms with van der Waals surface area (Å²) in [4.78, 5) is 0. The molecule has 22 heavy (non-hydrogen) atoms. The van der Waals surface area contributed by atoms with Crippen molar-refractivity contribution in [3.05, 3.63) is 63.6 Å². The summed E-state index contributed by atoms with van der Waals surface area (Å²) >= 11 is 11.9. The third-order valence-corrected chi connectivity index (χ3v) is 4.32. The summed E-state index contributed by atoms with van der Waals surface area (Å²) in [6, 6.07) is 14.2. The van der Waals surface area contributed by atoms with Gasteiger partial charge in [0.2, 0.25) is 0 Å². The molecule has 0 heterocycles. The van der Waals surface area contributed by atoms with Crippen molar-refractivity contribution < 1.29 is 4.74 Å². The van der Waals surface area contributed by atoms with Gasteiger partial charge in [0.1, 0.15) is 12.4 Å². The summed E-state index contributed by atoms with van der Waals surface area (Å²) < 4.78 is 5.77. The first-order valence-electron chi connectivity index (χ1n) is 7.47. The van der Waals surface area contributed by atoms with Crippen LogP contribution in [0.1, 0.15) is 31.4 Å². The average molecular weight is 338 g/mol. The summed E-state index contributed by atoms with van der Waals surface area (Å²) in [5, 5.41) is 4.58. The van der Waals surface area contributed by atoms with Gasteiger partial charge in [-0.3, -0.25) is 0 Å². The van der Waals surface area contributed by atoms with E-state index in [1.165, 1.54) is 5.56 Å². The Morgan fingerprint density at radius 3 is 2.32 bits per heavy atom. The number of hydrogen-bond donors (Lipinski definition) is 1. The average Bonchev–Trinajstić information content (AvgIpc) is 2.54. The van der Waals surface area contributed by atoms with E-state index in [0.717, 1.165) is 24.3 Å². The van der Waals surface area contributed by atoms with E-state index in [2.05, 4.69) is 31.3 Å². The maximum absolute atomic E-state index is 5.99.